The van der Waals surface area contributed by atoms with Crippen molar-refractivity contribution in [2.45, 2.75) is 51.0 Å². The third-order valence-electron chi connectivity index (χ3n) is 4.62. The molecule has 0 atom stereocenters. The van der Waals surface area contributed by atoms with Crippen molar-refractivity contribution in [1.29, 1.82) is 0 Å². The van der Waals surface area contributed by atoms with Crippen molar-refractivity contribution >= 4 is 5.91 Å². The van der Waals surface area contributed by atoms with E-state index in [2.05, 4.69) is 22.6 Å². The van der Waals surface area contributed by atoms with Crippen LogP contribution >= 0.6 is 0 Å². The molecule has 110 valence electrons. The highest BCUT2D eigenvalue weighted by molar-refractivity contribution is 5.77. The van der Waals surface area contributed by atoms with Gasteiger partial charge in [-0.2, -0.15) is 0 Å². The molecule has 2 fully saturated rings. The van der Waals surface area contributed by atoms with Gasteiger partial charge in [-0.25, -0.2) is 0 Å². The second kappa shape index (κ2) is 7.85. The maximum absolute atomic E-state index is 11.7. The van der Waals surface area contributed by atoms with Crippen molar-refractivity contribution in [3.8, 4) is 0 Å². The molecule has 2 rings (SSSR count). The summed E-state index contributed by atoms with van der Waals surface area (Å²) in [5.41, 5.74) is 0. The Hall–Kier alpha value is -0.610. The molecule has 0 unspecified atom stereocenters. The lowest BCUT2D eigenvalue weighted by Gasteiger charge is -2.28. The number of hydrogen-bond acceptors (Lipinski definition) is 3. The highest BCUT2D eigenvalue weighted by atomic mass is 16.1. The minimum Gasteiger partial charge on any atom is -0.355 e. The summed E-state index contributed by atoms with van der Waals surface area (Å²) in [5, 5.41) is 6.41. The van der Waals surface area contributed by atoms with E-state index in [0.717, 1.165) is 18.9 Å². The van der Waals surface area contributed by atoms with E-state index in [-0.39, 0.29) is 5.91 Å². The molecule has 1 aliphatic heterocycles. The molecule has 0 spiro atoms. The molecule has 1 saturated carbocycles. The minimum atomic E-state index is 0.167. The molecule has 2 N–H and O–H groups in total. The van der Waals surface area contributed by atoms with Gasteiger partial charge in [-0.05, 0) is 58.2 Å². The van der Waals surface area contributed by atoms with Crippen LogP contribution in [-0.2, 0) is 4.79 Å². The van der Waals surface area contributed by atoms with E-state index in [1.807, 2.05) is 0 Å². The summed E-state index contributed by atoms with van der Waals surface area (Å²) < 4.78 is 0. The smallest absolute Gasteiger partial charge is 0.233 e. The molecule has 19 heavy (non-hydrogen) atoms. The first-order valence-electron chi connectivity index (χ1n) is 7.92. The van der Waals surface area contributed by atoms with Crippen LogP contribution in [0.1, 0.15) is 44.9 Å². The zero-order chi connectivity index (χ0) is 13.5. The van der Waals surface area contributed by atoms with Gasteiger partial charge in [-0.15, -0.1) is 0 Å². The quantitative estimate of drug-likeness (QED) is 0.764. The van der Waals surface area contributed by atoms with Crippen molar-refractivity contribution in [2.75, 3.05) is 33.2 Å². The summed E-state index contributed by atoms with van der Waals surface area (Å²) in [6.07, 6.45) is 8.82. The maximum Gasteiger partial charge on any atom is 0.233 e. The molecule has 4 heteroatoms. The average Bonchev–Trinajstić information content (AvgIpc) is 2.92. The van der Waals surface area contributed by atoms with E-state index in [1.54, 1.807) is 0 Å². The number of piperidine rings is 1. The Morgan fingerprint density at radius 3 is 2.53 bits per heavy atom. The summed E-state index contributed by atoms with van der Waals surface area (Å²) in [5.74, 6) is 0.971. The topological polar surface area (TPSA) is 44.4 Å². The highest BCUT2D eigenvalue weighted by Gasteiger charge is 2.17. The third kappa shape index (κ3) is 5.49. The minimum absolute atomic E-state index is 0.167. The van der Waals surface area contributed by atoms with E-state index in [4.69, 9.17) is 0 Å². The predicted octanol–water partition coefficient (Wildman–Crippen LogP) is 1.37. The Labute approximate surface area is 117 Å². The first kappa shape index (κ1) is 14.8. The molecule has 1 aliphatic carbocycles. The molecule has 2 aliphatic rings. The van der Waals surface area contributed by atoms with Crippen LogP contribution in [0.4, 0.5) is 0 Å². The van der Waals surface area contributed by atoms with Gasteiger partial charge < -0.3 is 15.5 Å². The van der Waals surface area contributed by atoms with Crippen molar-refractivity contribution in [1.82, 2.24) is 15.5 Å². The van der Waals surface area contributed by atoms with E-state index in [9.17, 15) is 4.79 Å². The van der Waals surface area contributed by atoms with Gasteiger partial charge >= 0.3 is 0 Å². The standard InChI is InChI=1S/C15H29N3O/c1-18-10-7-13(8-11-18)6-9-16-15(19)12-17-14-4-2-3-5-14/h13-14,17H,2-12H2,1H3,(H,16,19). The predicted molar refractivity (Wildman–Crippen MR) is 78.1 cm³/mol. The second-order valence-electron chi connectivity index (χ2n) is 6.25. The zero-order valence-corrected chi connectivity index (χ0v) is 12.3. The van der Waals surface area contributed by atoms with Crippen LogP contribution in [0.5, 0.6) is 0 Å². The van der Waals surface area contributed by atoms with Gasteiger partial charge in [0.15, 0.2) is 0 Å². The molecule has 0 aromatic heterocycles. The molecular weight excluding hydrogens is 238 g/mol. The van der Waals surface area contributed by atoms with E-state index >= 15 is 0 Å². The molecule has 0 aromatic rings. The van der Waals surface area contributed by atoms with Crippen molar-refractivity contribution in [3.05, 3.63) is 0 Å². The molecule has 1 saturated heterocycles. The summed E-state index contributed by atoms with van der Waals surface area (Å²) in [6.45, 7) is 3.77. The first-order chi connectivity index (χ1) is 9.24. The Bertz CT molecular complexity index is 269. The molecule has 0 bridgehead atoms. The van der Waals surface area contributed by atoms with Crippen LogP contribution in [0, 0.1) is 5.92 Å². The van der Waals surface area contributed by atoms with Gasteiger partial charge in [0.25, 0.3) is 0 Å². The SMILES string of the molecule is CN1CCC(CCNC(=O)CNC2CCCC2)CC1. The van der Waals surface area contributed by atoms with Gasteiger partial charge in [0.05, 0.1) is 6.54 Å². The number of carbonyl (C=O) groups excluding carboxylic acids is 1. The van der Waals surface area contributed by atoms with Gasteiger partial charge in [0, 0.05) is 12.6 Å². The van der Waals surface area contributed by atoms with E-state index < -0.39 is 0 Å². The van der Waals surface area contributed by atoms with Gasteiger partial charge in [0.2, 0.25) is 5.91 Å². The molecule has 1 heterocycles. The van der Waals surface area contributed by atoms with Crippen LogP contribution in [0.15, 0.2) is 0 Å². The highest BCUT2D eigenvalue weighted by Crippen LogP contribution is 2.19. The number of nitrogens with one attached hydrogen (secondary N) is 2. The molecule has 0 radical (unpaired) electrons. The van der Waals surface area contributed by atoms with Crippen molar-refractivity contribution in [2.24, 2.45) is 5.92 Å². The fraction of sp³-hybridized carbons (Fsp3) is 0.933. The first-order valence-corrected chi connectivity index (χ1v) is 7.92. The van der Waals surface area contributed by atoms with Crippen LogP contribution in [-0.4, -0.2) is 50.1 Å². The van der Waals surface area contributed by atoms with Crippen LogP contribution in [0.3, 0.4) is 0 Å². The lowest BCUT2D eigenvalue weighted by atomic mass is 9.94. The lowest BCUT2D eigenvalue weighted by Crippen LogP contribution is -2.39. The van der Waals surface area contributed by atoms with Gasteiger partial charge in [-0.3, -0.25) is 4.79 Å². The lowest BCUT2D eigenvalue weighted by molar-refractivity contribution is -0.120. The zero-order valence-electron chi connectivity index (χ0n) is 12.3. The Kier molecular flexibility index (Phi) is 6.11. The molecular formula is C15H29N3O. The van der Waals surface area contributed by atoms with Gasteiger partial charge in [-0.1, -0.05) is 12.8 Å². The van der Waals surface area contributed by atoms with Crippen molar-refractivity contribution < 1.29 is 4.79 Å². The number of amides is 1. The monoisotopic (exact) mass is 267 g/mol. The average molecular weight is 267 g/mol. The van der Waals surface area contributed by atoms with Crippen LogP contribution in [0.25, 0.3) is 0 Å². The Morgan fingerprint density at radius 2 is 1.84 bits per heavy atom. The number of carbonyl (C=O) groups is 1. The second-order valence-corrected chi connectivity index (χ2v) is 6.25. The summed E-state index contributed by atoms with van der Waals surface area (Å²) in [6, 6.07) is 0.583. The molecule has 4 nitrogen and oxygen atoms in total. The number of nitrogens with zero attached hydrogens (tertiary/aromatic N) is 1. The summed E-state index contributed by atoms with van der Waals surface area (Å²) in [4.78, 5) is 14.1. The third-order valence-corrected chi connectivity index (χ3v) is 4.62. The fourth-order valence-electron chi connectivity index (χ4n) is 3.20. The largest absolute Gasteiger partial charge is 0.355 e. The van der Waals surface area contributed by atoms with Crippen LogP contribution < -0.4 is 10.6 Å². The van der Waals surface area contributed by atoms with Crippen molar-refractivity contribution in [3.63, 3.8) is 0 Å². The van der Waals surface area contributed by atoms with Gasteiger partial charge in [0.1, 0.15) is 0 Å². The summed E-state index contributed by atoms with van der Waals surface area (Å²) in [7, 11) is 2.19. The Morgan fingerprint density at radius 1 is 1.16 bits per heavy atom. The number of hydrogen-bond donors (Lipinski definition) is 2. The number of likely N-dealkylation sites (tertiary alicyclic amines) is 1. The fourth-order valence-corrected chi connectivity index (χ4v) is 3.20. The molecule has 0 aromatic carbocycles. The van der Waals surface area contributed by atoms with Crippen LogP contribution in [0.2, 0.25) is 0 Å². The maximum atomic E-state index is 11.7. The normalized spacial score (nSPS) is 22.8. The molecule has 1 amide bonds. The summed E-state index contributed by atoms with van der Waals surface area (Å²) >= 11 is 0. The Balaban J connectivity index is 1.49. The van der Waals surface area contributed by atoms with E-state index in [0.29, 0.717) is 12.6 Å². The number of rotatable bonds is 6. The van der Waals surface area contributed by atoms with E-state index in [1.165, 1.54) is 51.6 Å².